The predicted molar refractivity (Wildman–Crippen MR) is 134 cm³/mol. The molecule has 2 rings (SSSR count). The van der Waals surface area contributed by atoms with Crippen LogP contribution in [0.15, 0.2) is 12.1 Å². The maximum absolute atomic E-state index is 12.6. The lowest BCUT2D eigenvalue weighted by Gasteiger charge is -2.37. The second kappa shape index (κ2) is 11.8. The first kappa shape index (κ1) is 27.8. The number of hydrogen-bond donors (Lipinski definition) is 3. The van der Waals surface area contributed by atoms with E-state index in [9.17, 15) is 24.9 Å². The number of nitrogens with zero attached hydrogens (tertiary/aromatic N) is 1. The Labute approximate surface area is 205 Å². The molecule has 33 heavy (non-hydrogen) atoms. The molecule has 7 nitrogen and oxygen atoms in total. The van der Waals surface area contributed by atoms with Gasteiger partial charge in [-0.2, -0.15) is 0 Å². The van der Waals surface area contributed by atoms with Crippen LogP contribution in [-0.4, -0.2) is 47.6 Å². The van der Waals surface area contributed by atoms with E-state index in [1.807, 2.05) is 37.4 Å². The van der Waals surface area contributed by atoms with E-state index in [0.717, 1.165) is 54.8 Å². The highest BCUT2D eigenvalue weighted by Crippen LogP contribution is 2.49. The van der Waals surface area contributed by atoms with Gasteiger partial charge in [0.15, 0.2) is 0 Å². The third-order valence-electron chi connectivity index (χ3n) is 6.34. The van der Waals surface area contributed by atoms with Crippen molar-refractivity contribution in [3.05, 3.63) is 12.1 Å². The number of aliphatic carboxylic acids is 1. The van der Waals surface area contributed by atoms with Crippen molar-refractivity contribution in [2.24, 2.45) is 10.8 Å². The molecule has 3 N–H and O–H groups in total. The van der Waals surface area contributed by atoms with Crippen LogP contribution in [0.25, 0.3) is 0 Å². The van der Waals surface area contributed by atoms with Gasteiger partial charge in [0, 0.05) is 12.1 Å². The third kappa shape index (κ3) is 8.05. The summed E-state index contributed by atoms with van der Waals surface area (Å²) in [5.41, 5.74) is -1.42. The van der Waals surface area contributed by atoms with Crippen molar-refractivity contribution >= 4 is 35.5 Å². The molecule has 0 spiro atoms. The van der Waals surface area contributed by atoms with Crippen molar-refractivity contribution in [3.63, 3.8) is 0 Å². The van der Waals surface area contributed by atoms with Gasteiger partial charge in [0.25, 0.3) is 0 Å². The summed E-state index contributed by atoms with van der Waals surface area (Å²) in [4.78, 5) is 29.1. The fraction of sp³-hybridized carbons (Fsp3) is 0.750. The molecule has 1 fully saturated rings. The number of aromatic nitrogens is 1. The summed E-state index contributed by atoms with van der Waals surface area (Å²) in [6.07, 6.45) is 8.52. The Morgan fingerprint density at radius 2 is 1.42 bits per heavy atom. The second-order valence-corrected chi connectivity index (χ2v) is 13.4. The van der Waals surface area contributed by atoms with E-state index in [2.05, 4.69) is 0 Å². The lowest BCUT2D eigenvalue weighted by Crippen LogP contribution is -2.33. The topological polar surface area (TPSA) is 109 Å². The van der Waals surface area contributed by atoms with Crippen LogP contribution in [-0.2, 0) is 9.59 Å². The highest BCUT2D eigenvalue weighted by molar-refractivity contribution is 8.18. The monoisotopic (exact) mass is 501 g/mol. The molecular formula is C24H39NO6S2. The van der Waals surface area contributed by atoms with Gasteiger partial charge in [-0.15, -0.1) is 28.3 Å². The maximum atomic E-state index is 12.6. The minimum absolute atomic E-state index is 0.180. The zero-order valence-corrected chi connectivity index (χ0v) is 21.9. The molecule has 0 radical (unpaired) electrons. The van der Waals surface area contributed by atoms with Crippen LogP contribution in [0.4, 0.5) is 0 Å². The molecule has 0 bridgehead atoms. The zero-order chi connectivity index (χ0) is 24.7. The molecule has 1 aliphatic heterocycles. The fourth-order valence-corrected chi connectivity index (χ4v) is 7.36. The molecule has 1 aromatic heterocycles. The van der Waals surface area contributed by atoms with E-state index >= 15 is 0 Å². The Bertz CT molecular complexity index is 779. The highest BCUT2D eigenvalue weighted by atomic mass is 32.2. The molecule has 9 heteroatoms. The maximum Gasteiger partial charge on any atom is 0.338 e. The number of aromatic hydroxyl groups is 2. The Morgan fingerprint density at radius 3 is 1.91 bits per heavy atom. The summed E-state index contributed by atoms with van der Waals surface area (Å²) in [7, 11) is 0. The quantitative estimate of drug-likeness (QED) is 0.296. The van der Waals surface area contributed by atoms with Crippen molar-refractivity contribution in [1.29, 1.82) is 0 Å². The van der Waals surface area contributed by atoms with Gasteiger partial charge < -0.3 is 20.2 Å². The number of thioether (sulfide) groups is 2. The van der Waals surface area contributed by atoms with E-state index in [-0.39, 0.29) is 15.8 Å². The number of carboxylic acids is 1. The number of carbonyl (C=O) groups is 2. The van der Waals surface area contributed by atoms with E-state index in [0.29, 0.717) is 12.8 Å². The summed E-state index contributed by atoms with van der Waals surface area (Å²) in [6, 6.07) is 2.52. The SMILES string of the molecule is CC(C)(CCCCC1(CCCCC(C)(C)C(=O)On2c(O)ccc2O)SCCCS1)C(=O)O. The van der Waals surface area contributed by atoms with Crippen molar-refractivity contribution < 1.29 is 29.7 Å². The Kier molecular flexibility index (Phi) is 9.91. The van der Waals surface area contributed by atoms with E-state index in [1.165, 1.54) is 18.6 Å². The summed E-state index contributed by atoms with van der Waals surface area (Å²) in [5.74, 6) is 0.446. The molecule has 0 amide bonds. The molecule has 0 unspecified atom stereocenters. The lowest BCUT2D eigenvalue weighted by molar-refractivity contribution is -0.156. The van der Waals surface area contributed by atoms with Gasteiger partial charge in [0.05, 0.1) is 14.9 Å². The molecule has 0 aliphatic carbocycles. The second-order valence-electron chi connectivity index (χ2n) is 10.2. The average Bonchev–Trinajstić information content (AvgIpc) is 3.07. The average molecular weight is 502 g/mol. The molecule has 2 heterocycles. The molecule has 0 aromatic carbocycles. The molecule has 0 saturated carbocycles. The van der Waals surface area contributed by atoms with Crippen LogP contribution >= 0.6 is 23.5 Å². The normalized spacial score (nSPS) is 16.5. The minimum Gasteiger partial charge on any atom is -0.492 e. The van der Waals surface area contributed by atoms with Gasteiger partial charge in [-0.05, 0) is 71.3 Å². The van der Waals surface area contributed by atoms with Gasteiger partial charge in [0.1, 0.15) is 0 Å². The van der Waals surface area contributed by atoms with Crippen LogP contribution in [0.3, 0.4) is 0 Å². The third-order valence-corrected chi connectivity index (χ3v) is 9.90. The highest BCUT2D eigenvalue weighted by Gasteiger charge is 2.35. The first-order valence-corrected chi connectivity index (χ1v) is 13.7. The number of carboxylic acid groups (broad SMARTS) is 1. The van der Waals surface area contributed by atoms with Gasteiger partial charge in [-0.25, -0.2) is 4.79 Å². The minimum atomic E-state index is -0.744. The summed E-state index contributed by atoms with van der Waals surface area (Å²) < 4.78 is 0.916. The summed E-state index contributed by atoms with van der Waals surface area (Å²) >= 11 is 4.08. The number of rotatable bonds is 13. The number of hydrogen-bond acceptors (Lipinski definition) is 7. The van der Waals surface area contributed by atoms with Crippen LogP contribution in [0.5, 0.6) is 11.8 Å². The number of carbonyl (C=O) groups excluding carboxylic acids is 1. The summed E-state index contributed by atoms with van der Waals surface area (Å²) in [6.45, 7) is 7.22. The van der Waals surface area contributed by atoms with Crippen LogP contribution in [0, 0.1) is 10.8 Å². The Hall–Kier alpha value is -1.48. The largest absolute Gasteiger partial charge is 0.492 e. The van der Waals surface area contributed by atoms with Crippen molar-refractivity contribution in [1.82, 2.24) is 4.73 Å². The molecule has 1 saturated heterocycles. The van der Waals surface area contributed by atoms with E-state index in [1.54, 1.807) is 13.8 Å². The van der Waals surface area contributed by atoms with Gasteiger partial charge in [-0.3, -0.25) is 4.79 Å². The first-order chi connectivity index (χ1) is 15.4. The molecule has 188 valence electrons. The van der Waals surface area contributed by atoms with Gasteiger partial charge in [0.2, 0.25) is 11.8 Å². The Balaban J connectivity index is 1.81. The molecular weight excluding hydrogens is 462 g/mol. The van der Waals surface area contributed by atoms with Gasteiger partial charge in [-0.1, -0.05) is 25.7 Å². The van der Waals surface area contributed by atoms with Crippen LogP contribution < -0.4 is 4.84 Å². The lowest BCUT2D eigenvalue weighted by atomic mass is 9.86. The van der Waals surface area contributed by atoms with E-state index in [4.69, 9.17) is 4.84 Å². The van der Waals surface area contributed by atoms with Crippen molar-refractivity contribution in [2.45, 2.75) is 89.6 Å². The predicted octanol–water partition coefficient (Wildman–Crippen LogP) is 5.68. The smallest absolute Gasteiger partial charge is 0.338 e. The molecule has 0 atom stereocenters. The van der Waals surface area contributed by atoms with Crippen LogP contribution in [0.1, 0.15) is 85.5 Å². The van der Waals surface area contributed by atoms with Crippen molar-refractivity contribution in [2.75, 3.05) is 11.5 Å². The van der Waals surface area contributed by atoms with E-state index < -0.39 is 22.8 Å². The van der Waals surface area contributed by atoms with Crippen LogP contribution in [0.2, 0.25) is 0 Å². The molecule has 1 aromatic rings. The number of unbranched alkanes of at least 4 members (excludes halogenated alkanes) is 2. The zero-order valence-electron chi connectivity index (χ0n) is 20.3. The van der Waals surface area contributed by atoms with Gasteiger partial charge >= 0.3 is 11.9 Å². The standard InChI is InChI=1S/C24H39NO6S2/c1-22(2,20(28)29)12-5-7-14-24(32-16-9-17-33-24)15-8-6-13-23(3,4)21(30)31-25-18(26)10-11-19(25)27/h10-11,26-27H,5-9,12-17H2,1-4H3,(H,28,29). The Morgan fingerprint density at radius 1 is 0.939 bits per heavy atom. The summed E-state index contributed by atoms with van der Waals surface area (Å²) in [5, 5.41) is 28.7. The fourth-order valence-electron chi connectivity index (χ4n) is 3.86. The molecule has 1 aliphatic rings. The van der Waals surface area contributed by atoms with Crippen molar-refractivity contribution in [3.8, 4) is 11.8 Å². The first-order valence-electron chi connectivity index (χ1n) is 11.7.